The van der Waals surface area contributed by atoms with Gasteiger partial charge in [-0.1, -0.05) is 55.9 Å². The van der Waals surface area contributed by atoms with Gasteiger partial charge in [-0.2, -0.15) is 5.26 Å². The lowest BCUT2D eigenvalue weighted by atomic mass is 10.2. The van der Waals surface area contributed by atoms with Crippen molar-refractivity contribution in [2.24, 2.45) is 7.05 Å². The van der Waals surface area contributed by atoms with Crippen LogP contribution in [0, 0.1) is 25.2 Å². The summed E-state index contributed by atoms with van der Waals surface area (Å²) in [7, 11) is 1.90. The molecule has 1 aromatic carbocycles. The van der Waals surface area contributed by atoms with E-state index in [0.29, 0.717) is 23.1 Å². The van der Waals surface area contributed by atoms with Crippen LogP contribution in [-0.2, 0) is 18.4 Å². The maximum absolute atomic E-state index is 12.7. The summed E-state index contributed by atoms with van der Waals surface area (Å²) in [6.45, 7) is 8.57. The third-order valence-corrected chi connectivity index (χ3v) is 6.12. The standard InChI is InChI=1S/C22H26N6OS/c1-14(2)20-25-26-22(27(20)5)30-13-19(29)24-21-18(11-23)15(3)16(4)28(21)12-17-9-7-6-8-10-17/h6-10,14H,12-13H2,1-5H3,(H,24,29). The first kappa shape index (κ1) is 21.7. The van der Waals surface area contributed by atoms with Gasteiger partial charge in [0.15, 0.2) is 5.16 Å². The van der Waals surface area contributed by atoms with Crippen LogP contribution >= 0.6 is 11.8 Å². The molecule has 1 amide bonds. The number of nitriles is 1. The van der Waals surface area contributed by atoms with Crippen molar-refractivity contribution in [3.8, 4) is 6.07 Å². The smallest absolute Gasteiger partial charge is 0.235 e. The quantitative estimate of drug-likeness (QED) is 0.581. The van der Waals surface area contributed by atoms with Gasteiger partial charge in [0, 0.05) is 25.2 Å². The summed E-state index contributed by atoms with van der Waals surface area (Å²) >= 11 is 1.33. The summed E-state index contributed by atoms with van der Waals surface area (Å²) in [4.78, 5) is 12.7. The molecule has 1 N–H and O–H groups in total. The third-order valence-electron chi connectivity index (χ3n) is 5.10. The first-order chi connectivity index (χ1) is 14.3. The number of hydrogen-bond acceptors (Lipinski definition) is 5. The molecule has 0 radical (unpaired) electrons. The summed E-state index contributed by atoms with van der Waals surface area (Å²) in [5, 5.41) is 21.7. The van der Waals surface area contributed by atoms with Crippen molar-refractivity contribution in [1.29, 1.82) is 5.26 Å². The van der Waals surface area contributed by atoms with Crippen molar-refractivity contribution in [3.05, 3.63) is 58.5 Å². The van der Waals surface area contributed by atoms with Gasteiger partial charge in [-0.25, -0.2) is 0 Å². The first-order valence-corrected chi connectivity index (χ1v) is 10.8. The molecule has 0 aliphatic carbocycles. The van der Waals surface area contributed by atoms with Crippen LogP contribution in [-0.4, -0.2) is 31.0 Å². The van der Waals surface area contributed by atoms with E-state index in [1.54, 1.807) is 0 Å². The van der Waals surface area contributed by atoms with Crippen LogP contribution in [0.3, 0.4) is 0 Å². The van der Waals surface area contributed by atoms with Crippen molar-refractivity contribution in [2.45, 2.75) is 45.3 Å². The van der Waals surface area contributed by atoms with Crippen LogP contribution in [0.25, 0.3) is 0 Å². The van der Waals surface area contributed by atoms with Gasteiger partial charge >= 0.3 is 0 Å². The number of nitrogens with one attached hydrogen (secondary N) is 1. The minimum Gasteiger partial charge on any atom is -0.326 e. The topological polar surface area (TPSA) is 88.5 Å². The molecule has 7 nitrogen and oxygen atoms in total. The Balaban J connectivity index is 1.79. The highest BCUT2D eigenvalue weighted by Gasteiger charge is 2.20. The van der Waals surface area contributed by atoms with Gasteiger partial charge < -0.3 is 14.5 Å². The SMILES string of the molecule is Cc1c(C#N)c(NC(=O)CSc2nnc(C(C)C)n2C)n(Cc2ccccc2)c1C. The zero-order chi connectivity index (χ0) is 21.8. The molecule has 0 saturated carbocycles. The molecule has 30 heavy (non-hydrogen) atoms. The fourth-order valence-corrected chi connectivity index (χ4v) is 4.06. The highest BCUT2D eigenvalue weighted by atomic mass is 32.2. The minimum atomic E-state index is -0.183. The van der Waals surface area contributed by atoms with Crippen LogP contribution in [0.1, 0.15) is 48.0 Å². The van der Waals surface area contributed by atoms with Gasteiger partial charge in [-0.15, -0.1) is 10.2 Å². The van der Waals surface area contributed by atoms with Gasteiger partial charge in [-0.3, -0.25) is 4.79 Å². The number of hydrogen-bond donors (Lipinski definition) is 1. The number of benzene rings is 1. The molecule has 0 aliphatic rings. The monoisotopic (exact) mass is 422 g/mol. The van der Waals surface area contributed by atoms with Crippen LogP contribution in [0.2, 0.25) is 0 Å². The summed E-state index contributed by atoms with van der Waals surface area (Å²) in [6.07, 6.45) is 0. The molecule has 156 valence electrons. The Morgan fingerprint density at radius 1 is 1.23 bits per heavy atom. The van der Waals surface area contributed by atoms with E-state index < -0.39 is 0 Å². The highest BCUT2D eigenvalue weighted by molar-refractivity contribution is 7.99. The molecule has 0 unspecified atom stereocenters. The van der Waals surface area contributed by atoms with Crippen molar-refractivity contribution >= 4 is 23.5 Å². The molecule has 0 saturated heterocycles. The van der Waals surface area contributed by atoms with E-state index in [9.17, 15) is 10.1 Å². The van der Waals surface area contributed by atoms with Gasteiger partial charge in [0.25, 0.3) is 0 Å². The summed E-state index contributed by atoms with van der Waals surface area (Å²) in [5.41, 5.74) is 3.45. The Morgan fingerprint density at radius 3 is 2.53 bits per heavy atom. The molecule has 2 heterocycles. The zero-order valence-corrected chi connectivity index (χ0v) is 18.7. The van der Waals surface area contributed by atoms with E-state index in [1.165, 1.54) is 11.8 Å². The third kappa shape index (κ3) is 4.41. The number of anilines is 1. The van der Waals surface area contributed by atoms with E-state index in [0.717, 1.165) is 22.6 Å². The van der Waals surface area contributed by atoms with Crippen LogP contribution in [0.15, 0.2) is 35.5 Å². The van der Waals surface area contributed by atoms with Gasteiger partial charge in [0.2, 0.25) is 5.91 Å². The molecule has 0 bridgehead atoms. The lowest BCUT2D eigenvalue weighted by Gasteiger charge is -2.13. The highest BCUT2D eigenvalue weighted by Crippen LogP contribution is 2.28. The Labute approximate surface area is 181 Å². The number of nitrogens with zero attached hydrogens (tertiary/aromatic N) is 5. The summed E-state index contributed by atoms with van der Waals surface area (Å²) in [5.74, 6) is 1.69. The lowest BCUT2D eigenvalue weighted by Crippen LogP contribution is -2.19. The lowest BCUT2D eigenvalue weighted by molar-refractivity contribution is -0.113. The van der Waals surface area contributed by atoms with Gasteiger partial charge in [-0.05, 0) is 25.0 Å². The van der Waals surface area contributed by atoms with Crippen molar-refractivity contribution in [1.82, 2.24) is 19.3 Å². The largest absolute Gasteiger partial charge is 0.326 e. The van der Waals surface area contributed by atoms with Crippen molar-refractivity contribution in [2.75, 3.05) is 11.1 Å². The van der Waals surface area contributed by atoms with Crippen LogP contribution in [0.4, 0.5) is 5.82 Å². The van der Waals surface area contributed by atoms with Gasteiger partial charge in [0.1, 0.15) is 17.7 Å². The van der Waals surface area contributed by atoms with Crippen LogP contribution in [0.5, 0.6) is 0 Å². The average Bonchev–Trinajstić information content (AvgIpc) is 3.20. The molecular formula is C22H26N6OS. The number of carbonyl (C=O) groups excluding carboxylic acids is 1. The second-order valence-electron chi connectivity index (χ2n) is 7.51. The molecule has 2 aromatic heterocycles. The number of rotatable bonds is 7. The minimum absolute atomic E-state index is 0.183. The molecule has 3 rings (SSSR count). The predicted molar refractivity (Wildman–Crippen MR) is 119 cm³/mol. The Kier molecular flexibility index (Phi) is 6.63. The number of carbonyl (C=O) groups is 1. The molecule has 0 spiro atoms. The second-order valence-corrected chi connectivity index (χ2v) is 8.45. The average molecular weight is 423 g/mol. The molecule has 8 heteroatoms. The normalized spacial score (nSPS) is 11.0. The molecule has 0 atom stereocenters. The summed E-state index contributed by atoms with van der Waals surface area (Å²) < 4.78 is 3.90. The zero-order valence-electron chi connectivity index (χ0n) is 17.9. The van der Waals surface area contributed by atoms with Crippen molar-refractivity contribution < 1.29 is 4.79 Å². The summed E-state index contributed by atoms with van der Waals surface area (Å²) in [6, 6.07) is 12.2. The maximum atomic E-state index is 12.7. The van der Waals surface area contributed by atoms with Gasteiger partial charge in [0.05, 0.1) is 11.3 Å². The maximum Gasteiger partial charge on any atom is 0.235 e. The predicted octanol–water partition coefficient (Wildman–Crippen LogP) is 4.01. The Morgan fingerprint density at radius 2 is 1.93 bits per heavy atom. The molecule has 0 aliphatic heterocycles. The number of aromatic nitrogens is 4. The Bertz CT molecular complexity index is 1090. The van der Waals surface area contributed by atoms with E-state index in [-0.39, 0.29) is 17.6 Å². The number of thioether (sulfide) groups is 1. The van der Waals surface area contributed by atoms with Crippen molar-refractivity contribution in [3.63, 3.8) is 0 Å². The molecular weight excluding hydrogens is 396 g/mol. The fourth-order valence-electron chi connectivity index (χ4n) is 3.35. The Hall–Kier alpha value is -3.05. The van der Waals surface area contributed by atoms with Crippen LogP contribution < -0.4 is 5.32 Å². The van der Waals surface area contributed by atoms with E-state index in [1.807, 2.05) is 60.4 Å². The van der Waals surface area contributed by atoms with E-state index in [4.69, 9.17) is 0 Å². The van der Waals surface area contributed by atoms with E-state index in [2.05, 4.69) is 35.4 Å². The first-order valence-electron chi connectivity index (χ1n) is 9.79. The molecule has 0 fully saturated rings. The van der Waals surface area contributed by atoms with E-state index >= 15 is 0 Å². The second kappa shape index (κ2) is 9.18. The fraction of sp³-hybridized carbons (Fsp3) is 0.364. The molecule has 3 aromatic rings. The number of amides is 1.